The minimum atomic E-state index is 0.217. The van der Waals surface area contributed by atoms with Gasteiger partial charge < -0.3 is 5.73 Å². The lowest BCUT2D eigenvalue weighted by Crippen LogP contribution is -2.21. The Kier molecular flexibility index (Phi) is 6.06. The summed E-state index contributed by atoms with van der Waals surface area (Å²) in [6.45, 7) is 2.12. The third-order valence-electron chi connectivity index (χ3n) is 3.89. The van der Waals surface area contributed by atoms with Crippen LogP contribution in [-0.4, -0.2) is 11.3 Å². The van der Waals surface area contributed by atoms with Gasteiger partial charge in [0, 0.05) is 21.2 Å². The monoisotopic (exact) mass is 297 g/mol. The third-order valence-corrected chi connectivity index (χ3v) is 5.57. The van der Waals surface area contributed by atoms with Crippen LogP contribution in [0.2, 0.25) is 5.02 Å². The fraction of sp³-hybridized carbons (Fsp3) is 0.625. The quantitative estimate of drug-likeness (QED) is 0.823. The number of benzene rings is 1. The van der Waals surface area contributed by atoms with Crippen LogP contribution in [0.4, 0.5) is 0 Å². The van der Waals surface area contributed by atoms with E-state index in [1.54, 1.807) is 0 Å². The molecule has 1 nitrogen and oxygen atoms in total. The second kappa shape index (κ2) is 7.56. The van der Waals surface area contributed by atoms with Crippen molar-refractivity contribution < 1.29 is 0 Å². The molecule has 0 aromatic heterocycles. The van der Waals surface area contributed by atoms with Gasteiger partial charge in [-0.2, -0.15) is 0 Å². The molecule has 0 aliphatic heterocycles. The van der Waals surface area contributed by atoms with E-state index in [2.05, 4.69) is 25.1 Å². The zero-order valence-corrected chi connectivity index (χ0v) is 13.3. The molecule has 0 heterocycles. The Hall–Kier alpha value is -0.180. The maximum atomic E-state index is 6.38. The smallest absolute Gasteiger partial charge is 0.0449 e. The first-order chi connectivity index (χ1) is 9.19. The summed E-state index contributed by atoms with van der Waals surface area (Å²) in [5.41, 5.74) is 7.18. The van der Waals surface area contributed by atoms with Crippen molar-refractivity contribution >= 4 is 23.4 Å². The summed E-state index contributed by atoms with van der Waals surface area (Å²) in [7, 11) is 0. The first-order valence-electron chi connectivity index (χ1n) is 7.39. The van der Waals surface area contributed by atoms with Gasteiger partial charge in [-0.25, -0.2) is 0 Å². The Labute approximate surface area is 126 Å². The molecule has 0 spiro atoms. The maximum Gasteiger partial charge on any atom is 0.0449 e. The van der Waals surface area contributed by atoms with Gasteiger partial charge in [-0.15, -0.1) is 11.8 Å². The minimum absolute atomic E-state index is 0.217. The lowest BCUT2D eigenvalue weighted by atomic mass is 10.0. The molecule has 2 N–H and O–H groups in total. The van der Waals surface area contributed by atoms with Crippen molar-refractivity contribution in [1.29, 1.82) is 0 Å². The van der Waals surface area contributed by atoms with Crippen LogP contribution < -0.4 is 5.73 Å². The van der Waals surface area contributed by atoms with E-state index in [1.165, 1.54) is 42.6 Å². The molecule has 1 unspecified atom stereocenters. The van der Waals surface area contributed by atoms with Gasteiger partial charge in [-0.05, 0) is 43.4 Å². The van der Waals surface area contributed by atoms with E-state index in [0.717, 1.165) is 23.1 Å². The summed E-state index contributed by atoms with van der Waals surface area (Å²) >= 11 is 8.38. The zero-order chi connectivity index (χ0) is 13.7. The van der Waals surface area contributed by atoms with Crippen LogP contribution in [0, 0.1) is 0 Å². The summed E-state index contributed by atoms with van der Waals surface area (Å²) < 4.78 is 0. The van der Waals surface area contributed by atoms with Gasteiger partial charge in [-0.1, -0.05) is 43.9 Å². The summed E-state index contributed by atoms with van der Waals surface area (Å²) in [5.74, 6) is 0. The lowest BCUT2D eigenvalue weighted by molar-refractivity contribution is 0.516. The van der Waals surface area contributed by atoms with Crippen LogP contribution in [-0.2, 0) is 6.42 Å². The minimum Gasteiger partial charge on any atom is -0.327 e. The number of halogens is 1. The highest BCUT2D eigenvalue weighted by molar-refractivity contribution is 8.00. The first-order valence-corrected chi connectivity index (χ1v) is 8.65. The summed E-state index contributed by atoms with van der Waals surface area (Å²) in [5, 5.41) is 1.67. The third kappa shape index (κ3) is 4.70. The number of nitrogens with two attached hydrogens (primary N) is 1. The predicted octanol–water partition coefficient (Wildman–Crippen LogP) is 5.04. The van der Waals surface area contributed by atoms with Crippen LogP contribution >= 0.6 is 23.4 Å². The van der Waals surface area contributed by atoms with E-state index >= 15 is 0 Å². The van der Waals surface area contributed by atoms with E-state index in [9.17, 15) is 0 Å². The van der Waals surface area contributed by atoms with Gasteiger partial charge in [0.1, 0.15) is 0 Å². The highest BCUT2D eigenvalue weighted by Crippen LogP contribution is 2.35. The molecular weight excluding hydrogens is 274 g/mol. The van der Waals surface area contributed by atoms with Crippen molar-refractivity contribution in [1.82, 2.24) is 0 Å². The van der Waals surface area contributed by atoms with Crippen molar-refractivity contribution in [2.75, 3.05) is 0 Å². The molecule has 106 valence electrons. The predicted molar refractivity (Wildman–Crippen MR) is 86.2 cm³/mol. The van der Waals surface area contributed by atoms with Crippen LogP contribution in [0.3, 0.4) is 0 Å². The molecule has 0 bridgehead atoms. The average molecular weight is 298 g/mol. The normalized spacial score (nSPS) is 18.5. The fourth-order valence-corrected chi connectivity index (χ4v) is 4.18. The van der Waals surface area contributed by atoms with Crippen LogP contribution in [0.25, 0.3) is 0 Å². The topological polar surface area (TPSA) is 26.0 Å². The van der Waals surface area contributed by atoms with Gasteiger partial charge >= 0.3 is 0 Å². The summed E-state index contributed by atoms with van der Waals surface area (Å²) in [4.78, 5) is 1.31. The van der Waals surface area contributed by atoms with E-state index < -0.39 is 0 Å². The van der Waals surface area contributed by atoms with E-state index in [4.69, 9.17) is 17.3 Å². The number of rotatable bonds is 5. The Morgan fingerprint density at radius 2 is 2.05 bits per heavy atom. The van der Waals surface area contributed by atoms with Crippen molar-refractivity contribution in [3.63, 3.8) is 0 Å². The number of hydrogen-bond donors (Lipinski definition) is 1. The molecule has 1 atom stereocenters. The average Bonchev–Trinajstić information content (AvgIpc) is 2.43. The SMILES string of the molecule is CCC(N)Cc1ccc(SC2CCCCC2)cc1Cl. The largest absolute Gasteiger partial charge is 0.327 e. The molecule has 0 saturated heterocycles. The molecule has 1 aliphatic rings. The van der Waals surface area contributed by atoms with Gasteiger partial charge in [0.2, 0.25) is 0 Å². The number of hydrogen-bond acceptors (Lipinski definition) is 2. The van der Waals surface area contributed by atoms with Crippen LogP contribution in [0.1, 0.15) is 51.0 Å². The standard InChI is InChI=1S/C16H24ClNS/c1-2-13(18)10-12-8-9-15(11-16(12)17)19-14-6-4-3-5-7-14/h8-9,11,13-14H,2-7,10,18H2,1H3. The van der Waals surface area contributed by atoms with Crippen molar-refractivity contribution in [2.24, 2.45) is 5.73 Å². The summed E-state index contributed by atoms with van der Waals surface area (Å²) in [6.07, 6.45) is 8.75. The lowest BCUT2D eigenvalue weighted by Gasteiger charge is -2.21. The van der Waals surface area contributed by atoms with E-state index in [1.807, 2.05) is 11.8 Å². The Morgan fingerprint density at radius 3 is 2.68 bits per heavy atom. The van der Waals surface area contributed by atoms with Crippen molar-refractivity contribution in [3.05, 3.63) is 28.8 Å². The van der Waals surface area contributed by atoms with Crippen molar-refractivity contribution in [3.8, 4) is 0 Å². The molecule has 1 fully saturated rings. The molecule has 0 amide bonds. The molecule has 3 heteroatoms. The Balaban J connectivity index is 1.97. The van der Waals surface area contributed by atoms with Crippen LogP contribution in [0.5, 0.6) is 0 Å². The Bertz CT molecular complexity index is 402. The molecule has 1 saturated carbocycles. The Morgan fingerprint density at radius 1 is 1.32 bits per heavy atom. The van der Waals surface area contributed by atoms with E-state index in [-0.39, 0.29) is 6.04 Å². The first kappa shape index (κ1) is 15.2. The van der Waals surface area contributed by atoms with Gasteiger partial charge in [0.15, 0.2) is 0 Å². The highest BCUT2D eigenvalue weighted by Gasteiger charge is 2.15. The van der Waals surface area contributed by atoms with Gasteiger partial charge in [0.25, 0.3) is 0 Å². The molecule has 2 rings (SSSR count). The molecule has 1 aromatic carbocycles. The summed E-state index contributed by atoms with van der Waals surface area (Å²) in [6, 6.07) is 6.71. The van der Waals surface area contributed by atoms with Crippen LogP contribution in [0.15, 0.2) is 23.1 Å². The molecule has 1 aliphatic carbocycles. The van der Waals surface area contributed by atoms with E-state index in [0.29, 0.717) is 0 Å². The van der Waals surface area contributed by atoms with Gasteiger partial charge in [0.05, 0.1) is 0 Å². The number of thioether (sulfide) groups is 1. The molecule has 0 radical (unpaired) electrons. The van der Waals surface area contributed by atoms with Gasteiger partial charge in [-0.3, -0.25) is 0 Å². The molecular formula is C16H24ClNS. The molecule has 19 heavy (non-hydrogen) atoms. The second-order valence-corrected chi connectivity index (χ2v) is 7.28. The fourth-order valence-electron chi connectivity index (χ4n) is 2.57. The second-order valence-electron chi connectivity index (χ2n) is 5.50. The molecule has 1 aromatic rings. The maximum absolute atomic E-state index is 6.38. The van der Waals surface area contributed by atoms with Crippen molar-refractivity contribution in [2.45, 2.75) is 68.1 Å². The zero-order valence-electron chi connectivity index (χ0n) is 11.7. The highest BCUT2D eigenvalue weighted by atomic mass is 35.5.